The van der Waals surface area contributed by atoms with Crippen molar-refractivity contribution in [3.05, 3.63) is 70.9 Å². The first-order valence-electron chi connectivity index (χ1n) is 6.89. The van der Waals surface area contributed by atoms with Crippen LogP contribution in [0.25, 0.3) is 6.08 Å². The standard InChI is InChI=1S/C17H14N2OS2/c1-12(14-5-3-2-4-6-14)19-16(20)15(22-17(19)21)11-13-7-9-18-10-8-13/h2-12H,1H3/b15-11-/t12-/m0/s1. The summed E-state index contributed by atoms with van der Waals surface area (Å²) >= 11 is 6.75. The van der Waals surface area contributed by atoms with Crippen LogP contribution in [0.5, 0.6) is 0 Å². The van der Waals surface area contributed by atoms with Crippen molar-refractivity contribution in [2.75, 3.05) is 0 Å². The highest BCUT2D eigenvalue weighted by molar-refractivity contribution is 8.26. The van der Waals surface area contributed by atoms with Gasteiger partial charge in [0.25, 0.3) is 5.91 Å². The van der Waals surface area contributed by atoms with Crippen LogP contribution in [-0.4, -0.2) is 20.1 Å². The molecule has 5 heteroatoms. The van der Waals surface area contributed by atoms with Gasteiger partial charge >= 0.3 is 0 Å². The molecule has 0 saturated carbocycles. The van der Waals surface area contributed by atoms with E-state index < -0.39 is 0 Å². The molecule has 1 aliphatic rings. The first-order valence-corrected chi connectivity index (χ1v) is 8.11. The second kappa shape index (κ2) is 6.42. The third kappa shape index (κ3) is 2.96. The maximum atomic E-state index is 12.7. The number of aromatic nitrogens is 1. The van der Waals surface area contributed by atoms with Gasteiger partial charge in [-0.15, -0.1) is 0 Å². The summed E-state index contributed by atoms with van der Waals surface area (Å²) in [6, 6.07) is 13.6. The second-order valence-corrected chi connectivity index (χ2v) is 6.59. The Balaban J connectivity index is 1.88. The Morgan fingerprint density at radius 1 is 1.18 bits per heavy atom. The zero-order chi connectivity index (χ0) is 15.5. The number of nitrogens with zero attached hydrogens (tertiary/aromatic N) is 2. The maximum absolute atomic E-state index is 12.7. The molecule has 1 saturated heterocycles. The molecule has 0 radical (unpaired) electrons. The lowest BCUT2D eigenvalue weighted by molar-refractivity contribution is -0.123. The molecular formula is C17H14N2OS2. The minimum Gasteiger partial charge on any atom is -0.286 e. The van der Waals surface area contributed by atoms with Gasteiger partial charge in [-0.3, -0.25) is 14.7 Å². The molecule has 0 aliphatic carbocycles. The molecule has 0 unspecified atom stereocenters. The molecule has 1 fully saturated rings. The van der Waals surface area contributed by atoms with Crippen LogP contribution in [0.1, 0.15) is 24.1 Å². The fourth-order valence-corrected chi connectivity index (χ4v) is 3.72. The number of carbonyl (C=O) groups is 1. The van der Waals surface area contributed by atoms with E-state index in [2.05, 4.69) is 4.98 Å². The Morgan fingerprint density at radius 2 is 1.86 bits per heavy atom. The summed E-state index contributed by atoms with van der Waals surface area (Å²) < 4.78 is 0.599. The largest absolute Gasteiger partial charge is 0.286 e. The van der Waals surface area contributed by atoms with Crippen LogP contribution in [0.4, 0.5) is 0 Å². The summed E-state index contributed by atoms with van der Waals surface area (Å²) in [4.78, 5) is 19.0. The Hall–Kier alpha value is -1.98. The van der Waals surface area contributed by atoms with Crippen molar-refractivity contribution in [2.24, 2.45) is 0 Å². The van der Waals surface area contributed by atoms with Gasteiger partial charge in [0.2, 0.25) is 0 Å². The van der Waals surface area contributed by atoms with E-state index in [-0.39, 0.29) is 11.9 Å². The van der Waals surface area contributed by atoms with Gasteiger partial charge in [-0.25, -0.2) is 0 Å². The van der Waals surface area contributed by atoms with Crippen LogP contribution < -0.4 is 0 Å². The van der Waals surface area contributed by atoms with Crippen molar-refractivity contribution in [1.82, 2.24) is 9.88 Å². The number of thiocarbonyl (C=S) groups is 1. The molecule has 3 rings (SSSR count). The minimum absolute atomic E-state index is 0.0387. The average molecular weight is 326 g/mol. The van der Waals surface area contributed by atoms with Crippen molar-refractivity contribution in [3.63, 3.8) is 0 Å². The van der Waals surface area contributed by atoms with E-state index in [1.807, 2.05) is 55.5 Å². The summed E-state index contributed by atoms with van der Waals surface area (Å²) in [6.07, 6.45) is 5.27. The van der Waals surface area contributed by atoms with Gasteiger partial charge in [0.15, 0.2) is 0 Å². The quantitative estimate of drug-likeness (QED) is 0.629. The lowest BCUT2D eigenvalue weighted by Crippen LogP contribution is -2.30. The normalized spacial score (nSPS) is 18.0. The molecule has 22 heavy (non-hydrogen) atoms. The molecule has 110 valence electrons. The average Bonchev–Trinajstić information content (AvgIpc) is 2.82. The van der Waals surface area contributed by atoms with Crippen LogP contribution in [0.3, 0.4) is 0 Å². The summed E-state index contributed by atoms with van der Waals surface area (Å²) in [5, 5.41) is 0. The zero-order valence-electron chi connectivity index (χ0n) is 12.0. The van der Waals surface area contributed by atoms with Gasteiger partial charge in [0, 0.05) is 12.4 Å². The minimum atomic E-state index is -0.0722. The fourth-order valence-electron chi connectivity index (χ4n) is 2.31. The first kappa shape index (κ1) is 14.9. The van der Waals surface area contributed by atoms with E-state index >= 15 is 0 Å². The number of carbonyl (C=O) groups excluding carboxylic acids is 1. The van der Waals surface area contributed by atoms with Crippen LogP contribution in [0.15, 0.2) is 59.8 Å². The Labute approximate surface area is 139 Å². The lowest BCUT2D eigenvalue weighted by atomic mass is 10.1. The Morgan fingerprint density at radius 3 is 2.55 bits per heavy atom. The van der Waals surface area contributed by atoms with Crippen molar-refractivity contribution < 1.29 is 4.79 Å². The predicted molar refractivity (Wildman–Crippen MR) is 94.1 cm³/mol. The molecule has 2 aromatic rings. The summed E-state index contributed by atoms with van der Waals surface area (Å²) in [6.45, 7) is 2.00. The summed E-state index contributed by atoms with van der Waals surface area (Å²) in [7, 11) is 0. The van der Waals surface area contributed by atoms with E-state index in [0.717, 1.165) is 11.1 Å². The van der Waals surface area contributed by atoms with Crippen LogP contribution in [0, 0.1) is 0 Å². The monoisotopic (exact) mass is 326 g/mol. The molecule has 1 aromatic carbocycles. The third-order valence-corrected chi connectivity index (χ3v) is 4.83. The summed E-state index contributed by atoms with van der Waals surface area (Å²) in [5.74, 6) is -0.0387. The Kier molecular flexibility index (Phi) is 4.36. The number of pyridine rings is 1. The number of thioether (sulfide) groups is 1. The molecule has 2 heterocycles. The van der Waals surface area contributed by atoms with E-state index in [1.54, 1.807) is 17.3 Å². The Bertz CT molecular complexity index is 729. The number of hydrogen-bond donors (Lipinski definition) is 0. The van der Waals surface area contributed by atoms with Crippen molar-refractivity contribution >= 4 is 40.3 Å². The van der Waals surface area contributed by atoms with Crippen LogP contribution in [-0.2, 0) is 4.79 Å². The van der Waals surface area contributed by atoms with Gasteiger partial charge in [-0.2, -0.15) is 0 Å². The molecule has 0 N–H and O–H groups in total. The second-order valence-electron chi connectivity index (χ2n) is 4.92. The highest BCUT2D eigenvalue weighted by atomic mass is 32.2. The number of benzene rings is 1. The van der Waals surface area contributed by atoms with Crippen molar-refractivity contribution in [2.45, 2.75) is 13.0 Å². The predicted octanol–water partition coefficient (Wildman–Crippen LogP) is 4.04. The highest BCUT2D eigenvalue weighted by Gasteiger charge is 2.35. The molecule has 0 bridgehead atoms. The van der Waals surface area contributed by atoms with Crippen molar-refractivity contribution in [1.29, 1.82) is 0 Å². The number of hydrogen-bond acceptors (Lipinski definition) is 4. The van der Waals surface area contributed by atoms with Gasteiger partial charge in [0.1, 0.15) is 4.32 Å². The topological polar surface area (TPSA) is 33.2 Å². The number of amides is 1. The fraction of sp³-hybridized carbons (Fsp3) is 0.118. The van der Waals surface area contributed by atoms with Gasteiger partial charge < -0.3 is 0 Å². The van der Waals surface area contributed by atoms with Crippen LogP contribution in [0.2, 0.25) is 0 Å². The summed E-state index contributed by atoms with van der Waals surface area (Å²) in [5.41, 5.74) is 2.02. The van der Waals surface area contributed by atoms with Gasteiger partial charge in [-0.05, 0) is 36.3 Å². The zero-order valence-corrected chi connectivity index (χ0v) is 13.6. The highest BCUT2D eigenvalue weighted by Crippen LogP contribution is 2.37. The third-order valence-electron chi connectivity index (χ3n) is 3.50. The van der Waals surface area contributed by atoms with E-state index in [9.17, 15) is 4.79 Å². The van der Waals surface area contributed by atoms with Crippen LogP contribution >= 0.6 is 24.0 Å². The number of rotatable bonds is 3. The van der Waals surface area contributed by atoms with E-state index in [0.29, 0.717) is 9.23 Å². The van der Waals surface area contributed by atoms with Crippen molar-refractivity contribution in [3.8, 4) is 0 Å². The van der Waals surface area contributed by atoms with Gasteiger partial charge in [-0.1, -0.05) is 54.3 Å². The maximum Gasteiger partial charge on any atom is 0.266 e. The molecule has 1 aliphatic heterocycles. The van der Waals surface area contributed by atoms with Gasteiger partial charge in [0.05, 0.1) is 10.9 Å². The van der Waals surface area contributed by atoms with E-state index in [4.69, 9.17) is 12.2 Å². The molecule has 1 amide bonds. The first-order chi connectivity index (χ1) is 10.7. The molecule has 1 atom stereocenters. The SMILES string of the molecule is C[C@@H](c1ccccc1)N1C(=O)/C(=C/c2ccncc2)SC1=S. The molecule has 1 aromatic heterocycles. The lowest BCUT2D eigenvalue weighted by Gasteiger charge is -2.23. The van der Waals surface area contributed by atoms with E-state index in [1.165, 1.54) is 11.8 Å². The smallest absolute Gasteiger partial charge is 0.266 e. The molecule has 3 nitrogen and oxygen atoms in total. The molecule has 0 spiro atoms. The molecular weight excluding hydrogens is 312 g/mol.